The molecule has 1 heterocycles. The second kappa shape index (κ2) is 11.4. The van der Waals surface area contributed by atoms with Crippen LogP contribution in [-0.2, 0) is 4.79 Å². The molecular weight excluding hydrogens is 423 g/mol. The Kier molecular flexibility index (Phi) is 8.35. The van der Waals surface area contributed by atoms with E-state index in [1.165, 1.54) is 24.3 Å². The third-order valence-corrected chi connectivity index (χ3v) is 5.19. The van der Waals surface area contributed by atoms with Crippen LogP contribution >= 0.6 is 0 Å². The Hall–Kier alpha value is -3.23. The molecule has 172 valence electrons. The molecule has 0 aromatic heterocycles. The maximum atomic E-state index is 13.5. The molecule has 1 unspecified atom stereocenters. The van der Waals surface area contributed by atoms with E-state index in [0.717, 1.165) is 25.0 Å². The number of anilines is 1. The first-order valence-electron chi connectivity index (χ1n) is 10.6. The van der Waals surface area contributed by atoms with Crippen LogP contribution in [0.1, 0.15) is 25.7 Å². The molecule has 2 aromatic carbocycles. The van der Waals surface area contributed by atoms with Crippen LogP contribution < -0.4 is 15.4 Å². The highest BCUT2D eigenvalue weighted by molar-refractivity contribution is 5.89. The highest BCUT2D eigenvalue weighted by Crippen LogP contribution is 2.19. The number of hydrogen-bond acceptors (Lipinski definition) is 3. The molecule has 0 spiro atoms. The van der Waals surface area contributed by atoms with Crippen molar-refractivity contribution in [3.05, 3.63) is 59.9 Å². The fourth-order valence-corrected chi connectivity index (χ4v) is 3.59. The lowest BCUT2D eigenvalue weighted by Gasteiger charge is -2.33. The largest absolute Gasteiger partial charge is 0.491 e. The Labute approximate surface area is 184 Å². The summed E-state index contributed by atoms with van der Waals surface area (Å²) >= 11 is 0. The average molecular weight is 449 g/mol. The van der Waals surface area contributed by atoms with E-state index in [9.17, 15) is 22.8 Å². The lowest BCUT2D eigenvalue weighted by molar-refractivity contribution is -0.133. The smallest absolute Gasteiger partial charge is 0.319 e. The van der Waals surface area contributed by atoms with Crippen LogP contribution in [0.15, 0.2) is 42.5 Å². The van der Waals surface area contributed by atoms with Gasteiger partial charge in [-0.1, -0.05) is 6.07 Å². The first-order valence-corrected chi connectivity index (χ1v) is 10.6. The SMILES string of the molecule is O=C(NCC1CCCN(C(=O)CCCOc2ccc(F)cc2F)C1)Nc1cccc(F)c1. The highest BCUT2D eigenvalue weighted by atomic mass is 19.1. The summed E-state index contributed by atoms with van der Waals surface area (Å²) in [4.78, 5) is 26.3. The molecule has 1 atom stereocenters. The number of likely N-dealkylation sites (tertiary alicyclic amines) is 1. The van der Waals surface area contributed by atoms with Crippen molar-refractivity contribution < 1.29 is 27.5 Å². The van der Waals surface area contributed by atoms with Gasteiger partial charge in [0.2, 0.25) is 5.91 Å². The Morgan fingerprint density at radius 1 is 1.09 bits per heavy atom. The van der Waals surface area contributed by atoms with Gasteiger partial charge in [-0.2, -0.15) is 0 Å². The predicted octanol–water partition coefficient (Wildman–Crippen LogP) is 4.32. The molecule has 6 nitrogen and oxygen atoms in total. The van der Waals surface area contributed by atoms with E-state index >= 15 is 0 Å². The fourth-order valence-electron chi connectivity index (χ4n) is 3.59. The summed E-state index contributed by atoms with van der Waals surface area (Å²) in [5, 5.41) is 5.35. The number of hydrogen-bond donors (Lipinski definition) is 2. The number of ether oxygens (including phenoxy) is 1. The fraction of sp³-hybridized carbons (Fsp3) is 0.391. The normalized spacial score (nSPS) is 15.8. The molecule has 1 fully saturated rings. The van der Waals surface area contributed by atoms with Gasteiger partial charge in [-0.25, -0.2) is 18.0 Å². The summed E-state index contributed by atoms with van der Waals surface area (Å²) in [6.07, 6.45) is 2.38. The average Bonchev–Trinajstić information content (AvgIpc) is 2.76. The number of nitrogens with one attached hydrogen (secondary N) is 2. The first kappa shape index (κ1) is 23.4. The monoisotopic (exact) mass is 449 g/mol. The summed E-state index contributed by atoms with van der Waals surface area (Å²) in [6, 6.07) is 8.29. The topological polar surface area (TPSA) is 70.7 Å². The van der Waals surface area contributed by atoms with Gasteiger partial charge in [0.25, 0.3) is 0 Å². The van der Waals surface area contributed by atoms with E-state index in [4.69, 9.17) is 4.74 Å². The van der Waals surface area contributed by atoms with Crippen molar-refractivity contribution in [2.24, 2.45) is 5.92 Å². The molecule has 0 aliphatic carbocycles. The standard InChI is InChI=1S/C23H26F3N3O3/c24-17-5-1-6-19(12-17)28-23(31)27-14-16-4-2-10-29(15-16)22(30)7-3-11-32-21-9-8-18(25)13-20(21)26/h1,5-6,8-9,12-13,16H,2-4,7,10-11,14-15H2,(H2,27,28,31). The molecular formula is C23H26F3N3O3. The quantitative estimate of drug-likeness (QED) is 0.590. The van der Waals surface area contributed by atoms with Crippen molar-refractivity contribution in [3.8, 4) is 5.75 Å². The minimum absolute atomic E-state index is 0.0258. The summed E-state index contributed by atoms with van der Waals surface area (Å²) in [5.74, 6) is -1.83. The number of piperidine rings is 1. The van der Waals surface area contributed by atoms with Gasteiger partial charge < -0.3 is 20.3 Å². The van der Waals surface area contributed by atoms with E-state index in [0.29, 0.717) is 31.7 Å². The number of amides is 3. The van der Waals surface area contributed by atoms with Gasteiger partial charge in [-0.15, -0.1) is 0 Å². The van der Waals surface area contributed by atoms with Gasteiger partial charge >= 0.3 is 6.03 Å². The lowest BCUT2D eigenvalue weighted by Crippen LogP contribution is -2.44. The summed E-state index contributed by atoms with van der Waals surface area (Å²) in [6.45, 7) is 1.73. The predicted molar refractivity (Wildman–Crippen MR) is 114 cm³/mol. The summed E-state index contributed by atoms with van der Waals surface area (Å²) < 4.78 is 44.9. The number of rotatable bonds is 8. The van der Waals surface area contributed by atoms with E-state index in [1.807, 2.05) is 0 Å². The van der Waals surface area contributed by atoms with Gasteiger partial charge in [0, 0.05) is 37.8 Å². The highest BCUT2D eigenvalue weighted by Gasteiger charge is 2.23. The molecule has 9 heteroatoms. The first-order chi connectivity index (χ1) is 15.4. The number of carbonyl (C=O) groups excluding carboxylic acids is 2. The van der Waals surface area contributed by atoms with E-state index in [-0.39, 0.29) is 30.6 Å². The van der Waals surface area contributed by atoms with Crippen LogP contribution in [-0.4, -0.2) is 43.1 Å². The van der Waals surface area contributed by atoms with Crippen LogP contribution in [0.2, 0.25) is 0 Å². The Balaban J connectivity index is 1.36. The number of halogens is 3. The minimum atomic E-state index is -0.774. The van der Waals surface area contributed by atoms with Gasteiger partial charge in [0.1, 0.15) is 11.6 Å². The summed E-state index contributed by atoms with van der Waals surface area (Å²) in [5.41, 5.74) is 0.366. The van der Waals surface area contributed by atoms with Crippen LogP contribution in [0, 0.1) is 23.4 Å². The van der Waals surface area contributed by atoms with E-state index in [1.54, 1.807) is 11.0 Å². The van der Waals surface area contributed by atoms with Crippen LogP contribution in [0.4, 0.5) is 23.7 Å². The van der Waals surface area contributed by atoms with Crippen molar-refractivity contribution in [1.29, 1.82) is 0 Å². The third-order valence-electron chi connectivity index (χ3n) is 5.19. The number of nitrogens with zero attached hydrogens (tertiary/aromatic N) is 1. The molecule has 32 heavy (non-hydrogen) atoms. The van der Waals surface area contributed by atoms with Gasteiger partial charge in [0.15, 0.2) is 11.6 Å². The number of carbonyl (C=O) groups is 2. The van der Waals surface area contributed by atoms with E-state index in [2.05, 4.69) is 10.6 Å². The molecule has 0 radical (unpaired) electrons. The molecule has 2 aromatic rings. The van der Waals surface area contributed by atoms with E-state index < -0.39 is 23.5 Å². The zero-order valence-electron chi connectivity index (χ0n) is 17.6. The number of benzene rings is 2. The van der Waals surface area contributed by atoms with Crippen molar-refractivity contribution >= 4 is 17.6 Å². The molecule has 3 amide bonds. The maximum Gasteiger partial charge on any atom is 0.319 e. The van der Waals surface area contributed by atoms with Crippen molar-refractivity contribution in [3.63, 3.8) is 0 Å². The van der Waals surface area contributed by atoms with Gasteiger partial charge in [-0.05, 0) is 55.5 Å². The lowest BCUT2D eigenvalue weighted by atomic mass is 9.97. The molecule has 1 aliphatic heterocycles. The molecule has 1 aliphatic rings. The Morgan fingerprint density at radius 3 is 2.69 bits per heavy atom. The van der Waals surface area contributed by atoms with Crippen LogP contribution in [0.5, 0.6) is 5.75 Å². The zero-order valence-corrected chi connectivity index (χ0v) is 17.6. The third kappa shape index (κ3) is 7.18. The Morgan fingerprint density at radius 2 is 1.91 bits per heavy atom. The van der Waals surface area contributed by atoms with Gasteiger partial charge in [-0.3, -0.25) is 4.79 Å². The second-order valence-electron chi connectivity index (χ2n) is 7.72. The Bertz CT molecular complexity index is 942. The number of urea groups is 1. The zero-order chi connectivity index (χ0) is 22.9. The minimum Gasteiger partial charge on any atom is -0.491 e. The molecule has 0 saturated carbocycles. The second-order valence-corrected chi connectivity index (χ2v) is 7.72. The molecule has 3 rings (SSSR count). The van der Waals surface area contributed by atoms with Crippen LogP contribution in [0.3, 0.4) is 0 Å². The summed E-state index contributed by atoms with van der Waals surface area (Å²) in [7, 11) is 0. The van der Waals surface area contributed by atoms with Crippen molar-refractivity contribution in [2.75, 3.05) is 31.6 Å². The molecule has 0 bridgehead atoms. The van der Waals surface area contributed by atoms with Crippen molar-refractivity contribution in [1.82, 2.24) is 10.2 Å². The molecule has 1 saturated heterocycles. The van der Waals surface area contributed by atoms with Crippen molar-refractivity contribution in [2.45, 2.75) is 25.7 Å². The van der Waals surface area contributed by atoms with Gasteiger partial charge in [0.05, 0.1) is 6.61 Å². The maximum absolute atomic E-state index is 13.5. The molecule has 2 N–H and O–H groups in total. The van der Waals surface area contributed by atoms with Crippen LogP contribution in [0.25, 0.3) is 0 Å².